The topological polar surface area (TPSA) is 42.9 Å². The number of ketones is 1. The number of hydrogen-bond donors (Lipinski definition) is 0. The molecule has 3 rings (SSSR count). The molecular formula is C13H10N2OS3. The molecule has 0 atom stereocenters. The number of carbonyl (C=O) groups excluding carboxylic acids is 1. The quantitative estimate of drug-likeness (QED) is 0.681. The normalized spacial score (nSPS) is 11.0. The van der Waals surface area contributed by atoms with Crippen molar-refractivity contribution in [3.63, 3.8) is 0 Å². The van der Waals surface area contributed by atoms with Crippen LogP contribution in [0.1, 0.15) is 6.92 Å². The monoisotopic (exact) mass is 306 g/mol. The summed E-state index contributed by atoms with van der Waals surface area (Å²) in [6.07, 6.45) is 0. The lowest BCUT2D eigenvalue weighted by atomic mass is 10.3. The molecule has 0 radical (unpaired) electrons. The lowest BCUT2D eigenvalue weighted by Crippen LogP contribution is -1.92. The number of nitrogens with zero attached hydrogens (tertiary/aromatic N) is 2. The first-order valence-electron chi connectivity index (χ1n) is 5.66. The van der Waals surface area contributed by atoms with E-state index in [1.165, 1.54) is 16.5 Å². The van der Waals surface area contributed by atoms with Gasteiger partial charge in [0.25, 0.3) is 0 Å². The highest BCUT2D eigenvalue weighted by molar-refractivity contribution is 8.01. The highest BCUT2D eigenvalue weighted by Gasteiger charge is 2.10. The molecule has 0 N–H and O–H groups in total. The minimum Gasteiger partial charge on any atom is -0.299 e. The van der Waals surface area contributed by atoms with E-state index in [2.05, 4.69) is 16.0 Å². The molecule has 0 fully saturated rings. The zero-order valence-electron chi connectivity index (χ0n) is 10.1. The van der Waals surface area contributed by atoms with Crippen molar-refractivity contribution >= 4 is 50.4 Å². The molecule has 0 aliphatic carbocycles. The van der Waals surface area contributed by atoms with Crippen molar-refractivity contribution in [3.8, 4) is 10.7 Å². The summed E-state index contributed by atoms with van der Waals surface area (Å²) >= 11 is 4.69. The Morgan fingerprint density at radius 2 is 2.16 bits per heavy atom. The van der Waals surface area contributed by atoms with E-state index in [0.717, 1.165) is 20.6 Å². The Morgan fingerprint density at radius 1 is 1.32 bits per heavy atom. The summed E-state index contributed by atoms with van der Waals surface area (Å²) in [5.74, 6) is 0.647. The van der Waals surface area contributed by atoms with Gasteiger partial charge in [-0.3, -0.25) is 4.79 Å². The van der Waals surface area contributed by atoms with Crippen LogP contribution < -0.4 is 0 Å². The SMILES string of the molecule is CC(=O)CSc1nc(-c2nc3ccccc3s2)cs1. The van der Waals surface area contributed by atoms with E-state index in [-0.39, 0.29) is 5.78 Å². The van der Waals surface area contributed by atoms with Gasteiger partial charge in [-0.2, -0.15) is 0 Å². The fraction of sp³-hybridized carbons (Fsp3) is 0.154. The van der Waals surface area contributed by atoms with Crippen LogP contribution in [0.2, 0.25) is 0 Å². The maximum atomic E-state index is 11.0. The van der Waals surface area contributed by atoms with Gasteiger partial charge in [0, 0.05) is 5.38 Å². The number of para-hydroxylation sites is 1. The van der Waals surface area contributed by atoms with Crippen molar-refractivity contribution in [2.45, 2.75) is 11.3 Å². The molecule has 0 spiro atoms. The Bertz CT molecular complexity index is 699. The first kappa shape index (κ1) is 12.8. The summed E-state index contributed by atoms with van der Waals surface area (Å²) in [4.78, 5) is 20.1. The molecular weight excluding hydrogens is 296 g/mol. The molecule has 3 nitrogen and oxygen atoms in total. The molecule has 0 amide bonds. The predicted molar refractivity (Wildman–Crippen MR) is 82.1 cm³/mol. The molecule has 0 saturated heterocycles. The molecule has 96 valence electrons. The highest BCUT2D eigenvalue weighted by Crippen LogP contribution is 2.33. The second-order valence-corrected chi connectivity index (χ2v) is 7.09. The van der Waals surface area contributed by atoms with Crippen LogP contribution in [0, 0.1) is 0 Å². The molecule has 0 bridgehead atoms. The van der Waals surface area contributed by atoms with E-state index in [1.54, 1.807) is 29.6 Å². The van der Waals surface area contributed by atoms with Crippen molar-refractivity contribution < 1.29 is 4.79 Å². The molecule has 6 heteroatoms. The number of thiazole rings is 2. The van der Waals surface area contributed by atoms with Gasteiger partial charge >= 0.3 is 0 Å². The molecule has 0 unspecified atom stereocenters. The smallest absolute Gasteiger partial charge is 0.151 e. The van der Waals surface area contributed by atoms with Gasteiger partial charge in [-0.1, -0.05) is 23.9 Å². The molecule has 19 heavy (non-hydrogen) atoms. The van der Waals surface area contributed by atoms with Crippen molar-refractivity contribution in [2.24, 2.45) is 0 Å². The summed E-state index contributed by atoms with van der Waals surface area (Å²) in [6.45, 7) is 1.59. The summed E-state index contributed by atoms with van der Waals surface area (Å²) in [5.41, 5.74) is 1.91. The zero-order chi connectivity index (χ0) is 13.2. The number of aromatic nitrogens is 2. The van der Waals surface area contributed by atoms with Crippen LogP contribution in [0.25, 0.3) is 20.9 Å². The number of benzene rings is 1. The van der Waals surface area contributed by atoms with Crippen molar-refractivity contribution in [2.75, 3.05) is 5.75 Å². The number of thioether (sulfide) groups is 1. The van der Waals surface area contributed by atoms with Gasteiger partial charge in [-0.25, -0.2) is 9.97 Å². The van der Waals surface area contributed by atoms with Crippen LogP contribution in [0.5, 0.6) is 0 Å². The van der Waals surface area contributed by atoms with Crippen LogP contribution in [-0.4, -0.2) is 21.5 Å². The fourth-order valence-electron chi connectivity index (χ4n) is 1.57. The maximum absolute atomic E-state index is 11.0. The first-order chi connectivity index (χ1) is 9.22. The van der Waals surface area contributed by atoms with Crippen LogP contribution >= 0.6 is 34.4 Å². The lowest BCUT2D eigenvalue weighted by Gasteiger charge is -1.90. The van der Waals surface area contributed by atoms with E-state index in [0.29, 0.717) is 5.75 Å². The second-order valence-electron chi connectivity index (χ2n) is 3.98. The molecule has 0 aliphatic rings. The summed E-state index contributed by atoms with van der Waals surface area (Å²) in [7, 11) is 0. The highest BCUT2D eigenvalue weighted by atomic mass is 32.2. The van der Waals surface area contributed by atoms with E-state index in [4.69, 9.17) is 0 Å². The Hall–Kier alpha value is -1.24. The van der Waals surface area contributed by atoms with Crippen LogP contribution in [-0.2, 0) is 4.79 Å². The van der Waals surface area contributed by atoms with E-state index < -0.39 is 0 Å². The predicted octanol–water partition coefficient (Wildman–Crippen LogP) is 4.10. The minimum atomic E-state index is 0.168. The third kappa shape index (κ3) is 2.86. The Kier molecular flexibility index (Phi) is 3.63. The van der Waals surface area contributed by atoms with Crippen LogP contribution in [0.15, 0.2) is 34.0 Å². The lowest BCUT2D eigenvalue weighted by molar-refractivity contribution is -0.114. The number of Topliss-reactive ketones (excluding diaryl/α,β-unsaturated/α-hetero) is 1. The van der Waals surface area contributed by atoms with Gasteiger partial charge in [0.2, 0.25) is 0 Å². The first-order valence-corrected chi connectivity index (χ1v) is 8.34. The van der Waals surface area contributed by atoms with Crippen molar-refractivity contribution in [1.29, 1.82) is 0 Å². The van der Waals surface area contributed by atoms with Gasteiger partial charge in [0.15, 0.2) is 4.34 Å². The Labute approximate surface area is 122 Å². The molecule has 2 aromatic heterocycles. The average molecular weight is 306 g/mol. The summed E-state index contributed by atoms with van der Waals surface area (Å²) in [6, 6.07) is 8.07. The summed E-state index contributed by atoms with van der Waals surface area (Å²) in [5, 5.41) is 2.94. The zero-order valence-corrected chi connectivity index (χ0v) is 12.6. The maximum Gasteiger partial charge on any atom is 0.151 e. The van der Waals surface area contributed by atoms with Gasteiger partial charge in [-0.05, 0) is 19.1 Å². The Balaban J connectivity index is 1.87. The van der Waals surface area contributed by atoms with E-state index in [9.17, 15) is 4.79 Å². The van der Waals surface area contributed by atoms with Crippen LogP contribution in [0.3, 0.4) is 0 Å². The van der Waals surface area contributed by atoms with Crippen molar-refractivity contribution in [1.82, 2.24) is 9.97 Å². The summed E-state index contributed by atoms with van der Waals surface area (Å²) < 4.78 is 2.09. The van der Waals surface area contributed by atoms with E-state index in [1.807, 2.05) is 23.6 Å². The third-order valence-corrected chi connectivity index (χ3v) is 5.62. The molecule has 0 saturated carbocycles. The third-order valence-electron chi connectivity index (χ3n) is 2.40. The molecule has 3 aromatic rings. The molecule has 0 aliphatic heterocycles. The van der Waals surface area contributed by atoms with Gasteiger partial charge in [0.1, 0.15) is 16.5 Å². The average Bonchev–Trinajstić information content (AvgIpc) is 3.02. The number of fused-ring (bicyclic) bond motifs is 1. The van der Waals surface area contributed by atoms with Gasteiger partial charge in [-0.15, -0.1) is 22.7 Å². The standard InChI is InChI=1S/C13H10N2OS3/c1-8(16)6-17-13-15-10(7-18-13)12-14-9-4-2-3-5-11(9)19-12/h2-5,7H,6H2,1H3. The van der Waals surface area contributed by atoms with Gasteiger partial charge in [0.05, 0.1) is 16.0 Å². The van der Waals surface area contributed by atoms with Crippen molar-refractivity contribution in [3.05, 3.63) is 29.6 Å². The fourth-order valence-corrected chi connectivity index (χ4v) is 4.18. The second kappa shape index (κ2) is 5.40. The molecule has 1 aromatic carbocycles. The van der Waals surface area contributed by atoms with Gasteiger partial charge < -0.3 is 0 Å². The number of carbonyl (C=O) groups is 1. The Morgan fingerprint density at radius 3 is 2.95 bits per heavy atom. The van der Waals surface area contributed by atoms with Crippen LogP contribution in [0.4, 0.5) is 0 Å². The van der Waals surface area contributed by atoms with E-state index >= 15 is 0 Å². The minimum absolute atomic E-state index is 0.168. The number of hydrogen-bond acceptors (Lipinski definition) is 6. The molecule has 2 heterocycles. The largest absolute Gasteiger partial charge is 0.299 e. The number of rotatable bonds is 4.